The summed E-state index contributed by atoms with van der Waals surface area (Å²) in [5.41, 5.74) is 7.42. The summed E-state index contributed by atoms with van der Waals surface area (Å²) in [4.78, 5) is 36.7. The smallest absolute Gasteiger partial charge is 0.325 e. The Morgan fingerprint density at radius 2 is 0.828 bits per heavy atom. The number of carboxylic acid groups (broad SMARTS) is 1. The number of nitrogens with two attached hydrogens (primary N) is 1. The third-order valence-corrected chi connectivity index (χ3v) is 16.3. The van der Waals surface area contributed by atoms with Crippen molar-refractivity contribution < 1.29 is 32.6 Å². The molecular weight excluding hydrogens is 847 g/mol. The minimum absolute atomic E-state index is 0.333. The number of primary amides is 1. The molecule has 0 radical (unpaired) electrons. The number of rotatable bonds is 14. The number of nitrogens with zero attached hydrogens (tertiary/aromatic N) is 4. The Hall–Kier alpha value is -4.44. The molecule has 4 aliphatic rings. The summed E-state index contributed by atoms with van der Waals surface area (Å²) < 4.78 is 36.1. The summed E-state index contributed by atoms with van der Waals surface area (Å²) >= 11 is 0. The van der Waals surface area contributed by atoms with Crippen LogP contribution in [-0.2, 0) is 31.2 Å². The van der Waals surface area contributed by atoms with E-state index in [2.05, 4.69) is 19.6 Å². The van der Waals surface area contributed by atoms with Crippen LogP contribution in [0.4, 0.5) is 0 Å². The summed E-state index contributed by atoms with van der Waals surface area (Å²) in [6.07, 6.45) is 13.1. The molecule has 64 heavy (non-hydrogen) atoms. The van der Waals surface area contributed by atoms with Crippen molar-refractivity contribution in [3.05, 3.63) is 108 Å². The van der Waals surface area contributed by atoms with Gasteiger partial charge in [-0.05, 0) is 110 Å². The van der Waals surface area contributed by atoms with Crippen molar-refractivity contribution in [3.63, 3.8) is 0 Å². The first-order valence-corrected chi connectivity index (χ1v) is 25.2. The molecule has 12 nitrogen and oxygen atoms in total. The van der Waals surface area contributed by atoms with Gasteiger partial charge in [0.15, 0.2) is 0 Å². The van der Waals surface area contributed by atoms with Crippen LogP contribution in [0, 0.1) is 0 Å². The van der Waals surface area contributed by atoms with E-state index in [4.69, 9.17) is 15.2 Å². The molecule has 1 amide bonds. The molecule has 0 spiro atoms. The highest BCUT2D eigenvalue weighted by Crippen LogP contribution is 2.31. The summed E-state index contributed by atoms with van der Waals surface area (Å²) in [7, 11) is 0.585. The minimum Gasteiger partial charge on any atom is -0.497 e. The average molecular weight is 912 g/mol. The fourth-order valence-electron chi connectivity index (χ4n) is 9.90. The quantitative estimate of drug-likeness (QED) is 0.132. The fourth-order valence-corrected chi connectivity index (χ4v) is 12.0. The Morgan fingerprint density at radius 3 is 1.14 bits per heavy atom. The SMILES string of the molecule is COc1ccc(S(=O)c2ccc(C(C(=O)O)N3CCN(C4CCCCC4)CC3)cc2)cc1.COc1ccc(S(=O)c2ccc(C(C(N)=O)N3CCN(C4CCCCC4)CC3)cc2)cc1. The lowest BCUT2D eigenvalue weighted by Gasteiger charge is -2.42. The molecule has 0 aromatic heterocycles. The fraction of sp³-hybridized carbons (Fsp3) is 0.480. The van der Waals surface area contributed by atoms with Gasteiger partial charge in [-0.15, -0.1) is 0 Å². The van der Waals surface area contributed by atoms with Crippen LogP contribution in [0.2, 0.25) is 0 Å². The van der Waals surface area contributed by atoms with Crippen molar-refractivity contribution in [2.75, 3.05) is 66.6 Å². The highest BCUT2D eigenvalue weighted by Gasteiger charge is 2.34. The lowest BCUT2D eigenvalue weighted by atomic mass is 9.93. The van der Waals surface area contributed by atoms with Crippen molar-refractivity contribution in [2.45, 2.75) is 108 Å². The topological polar surface area (TPSA) is 146 Å². The number of aliphatic carboxylic acids is 1. The summed E-state index contributed by atoms with van der Waals surface area (Å²) in [5.74, 6) is 0.281. The number of ether oxygens (including phenoxy) is 2. The molecule has 2 saturated carbocycles. The number of carbonyl (C=O) groups excluding carboxylic acids is 1. The van der Waals surface area contributed by atoms with Gasteiger partial charge in [-0.3, -0.25) is 29.2 Å². The van der Waals surface area contributed by atoms with Crippen LogP contribution in [0.5, 0.6) is 11.5 Å². The van der Waals surface area contributed by atoms with Crippen molar-refractivity contribution >= 4 is 33.5 Å². The molecule has 4 aromatic rings. The Bertz CT molecular complexity index is 1990. The number of carbonyl (C=O) groups is 2. The predicted molar refractivity (Wildman–Crippen MR) is 251 cm³/mol. The maximum absolute atomic E-state index is 12.9. The standard InChI is InChI=1S/C25H33N3O3S.C25H32N2O4S/c1-31-21-9-13-23(14-10-21)32(30)22-11-7-19(8-12-22)24(25(26)29)28-17-15-27(16-18-28)20-5-3-2-4-6-20;1-31-21-9-13-23(14-10-21)32(30)22-11-7-19(8-12-22)24(25(28)29)27-17-15-26(16-18-27)20-5-3-2-4-6-20/h7-14,20,24H,2-6,15-18H2,1H3,(H2,26,29);7-14,20,24H,2-6,15-18H2,1H3,(H,28,29). The predicted octanol–water partition coefficient (Wildman–Crippen LogP) is 7.28. The number of methoxy groups -OCH3 is 2. The van der Waals surface area contributed by atoms with Gasteiger partial charge in [0.25, 0.3) is 0 Å². The van der Waals surface area contributed by atoms with Gasteiger partial charge in [-0.1, -0.05) is 62.8 Å². The molecular formula is C50H65N5O7S2. The normalized spacial score (nSPS) is 20.5. The molecule has 4 aromatic carbocycles. The van der Waals surface area contributed by atoms with E-state index in [1.54, 1.807) is 74.9 Å². The van der Waals surface area contributed by atoms with Crippen LogP contribution in [0.15, 0.2) is 117 Å². The van der Waals surface area contributed by atoms with E-state index in [-0.39, 0.29) is 5.91 Å². The zero-order valence-corrected chi connectivity index (χ0v) is 39.0. The van der Waals surface area contributed by atoms with E-state index in [0.717, 1.165) is 69.2 Å². The summed E-state index contributed by atoms with van der Waals surface area (Å²) in [6, 6.07) is 29.2. The summed E-state index contributed by atoms with van der Waals surface area (Å²) in [6.45, 7) is 7.00. The molecule has 14 heteroatoms. The van der Waals surface area contributed by atoms with Crippen LogP contribution in [0.25, 0.3) is 0 Å². The second-order valence-corrected chi connectivity index (χ2v) is 20.3. The van der Waals surface area contributed by atoms with Crippen molar-refractivity contribution in [1.82, 2.24) is 19.6 Å². The lowest BCUT2D eigenvalue weighted by Crippen LogP contribution is -2.53. The second kappa shape index (κ2) is 23.1. The van der Waals surface area contributed by atoms with E-state index in [0.29, 0.717) is 37.4 Å². The first-order valence-electron chi connectivity index (χ1n) is 22.9. The molecule has 0 bridgehead atoms. The maximum Gasteiger partial charge on any atom is 0.325 e. The molecule has 2 aliphatic carbocycles. The first-order chi connectivity index (χ1) is 31.1. The van der Waals surface area contributed by atoms with Gasteiger partial charge in [-0.2, -0.15) is 0 Å². The molecule has 2 saturated heterocycles. The second-order valence-electron chi connectivity index (χ2n) is 17.3. The minimum atomic E-state index is -1.33. The number of benzene rings is 4. The van der Waals surface area contributed by atoms with Crippen LogP contribution >= 0.6 is 0 Å². The molecule has 8 rings (SSSR count). The van der Waals surface area contributed by atoms with E-state index >= 15 is 0 Å². The van der Waals surface area contributed by atoms with Crippen molar-refractivity contribution in [3.8, 4) is 11.5 Å². The number of amides is 1. The van der Waals surface area contributed by atoms with Crippen LogP contribution in [-0.4, -0.2) is 124 Å². The highest BCUT2D eigenvalue weighted by molar-refractivity contribution is 7.85. The molecule has 4 fully saturated rings. The van der Waals surface area contributed by atoms with Gasteiger partial charge in [-0.25, -0.2) is 8.42 Å². The van der Waals surface area contributed by atoms with Gasteiger partial charge in [0.2, 0.25) is 5.91 Å². The lowest BCUT2D eigenvalue weighted by molar-refractivity contribution is -0.144. The summed E-state index contributed by atoms with van der Waals surface area (Å²) in [5, 5.41) is 9.97. The maximum atomic E-state index is 12.9. The monoisotopic (exact) mass is 911 g/mol. The third kappa shape index (κ3) is 12.1. The largest absolute Gasteiger partial charge is 0.497 e. The molecule has 4 atom stereocenters. The number of hydrogen-bond acceptors (Lipinski definition) is 10. The molecule has 3 N–H and O–H groups in total. The van der Waals surface area contributed by atoms with Gasteiger partial charge in [0.05, 0.1) is 35.8 Å². The van der Waals surface area contributed by atoms with Crippen LogP contribution in [0.1, 0.15) is 87.4 Å². The van der Waals surface area contributed by atoms with Crippen LogP contribution in [0.3, 0.4) is 0 Å². The van der Waals surface area contributed by atoms with Gasteiger partial charge in [0, 0.05) is 84.0 Å². The Kier molecular flexibility index (Phi) is 17.2. The third-order valence-electron chi connectivity index (χ3n) is 13.5. The van der Waals surface area contributed by atoms with Gasteiger partial charge >= 0.3 is 5.97 Å². The first kappa shape index (κ1) is 47.5. The van der Waals surface area contributed by atoms with E-state index in [9.17, 15) is 23.1 Å². The Balaban J connectivity index is 0.000000191. The zero-order chi connectivity index (χ0) is 45.0. The van der Waals surface area contributed by atoms with Gasteiger partial charge in [0.1, 0.15) is 23.6 Å². The van der Waals surface area contributed by atoms with Gasteiger partial charge < -0.3 is 20.3 Å². The van der Waals surface area contributed by atoms with Crippen LogP contribution < -0.4 is 15.2 Å². The molecule has 2 aliphatic heterocycles. The molecule has 344 valence electrons. The van der Waals surface area contributed by atoms with Crippen molar-refractivity contribution in [1.29, 1.82) is 0 Å². The average Bonchev–Trinajstić information content (AvgIpc) is 3.35. The molecule has 4 unspecified atom stereocenters. The van der Waals surface area contributed by atoms with E-state index in [1.807, 2.05) is 36.4 Å². The molecule has 2 heterocycles. The number of carboxylic acids is 1. The highest BCUT2D eigenvalue weighted by atomic mass is 32.2. The van der Waals surface area contributed by atoms with E-state index < -0.39 is 39.7 Å². The Labute approximate surface area is 384 Å². The number of hydrogen-bond donors (Lipinski definition) is 2. The van der Waals surface area contributed by atoms with E-state index in [1.165, 1.54) is 64.2 Å². The number of piperazine rings is 2. The Morgan fingerprint density at radius 1 is 0.516 bits per heavy atom. The zero-order valence-electron chi connectivity index (χ0n) is 37.4. The van der Waals surface area contributed by atoms with Crippen molar-refractivity contribution in [2.24, 2.45) is 5.73 Å².